The zero-order valence-corrected chi connectivity index (χ0v) is 14.0. The monoisotopic (exact) mass is 277 g/mol. The van der Waals surface area contributed by atoms with Crippen LogP contribution < -0.4 is 10.1 Å². The van der Waals surface area contributed by atoms with Crippen molar-refractivity contribution in [1.29, 1.82) is 0 Å². The molecule has 1 aromatic rings. The van der Waals surface area contributed by atoms with Crippen molar-refractivity contribution in [3.05, 3.63) is 29.3 Å². The number of aryl methyl sites for hydroxylation is 1. The molecule has 1 rings (SSSR count). The fourth-order valence-electron chi connectivity index (χ4n) is 2.00. The second kappa shape index (κ2) is 7.68. The predicted molar refractivity (Wildman–Crippen MR) is 87.8 cm³/mol. The Bertz CT molecular complexity index is 404. The molecule has 0 atom stereocenters. The summed E-state index contributed by atoms with van der Waals surface area (Å²) in [5.74, 6) is 1.59. The SMILES string of the molecule is Cc1ccc(C(C)C)cc1OCCCCNC(C)(C)C. The lowest BCUT2D eigenvalue weighted by Gasteiger charge is -2.20. The van der Waals surface area contributed by atoms with E-state index >= 15 is 0 Å². The maximum atomic E-state index is 5.93. The molecule has 2 heteroatoms. The Morgan fingerprint density at radius 3 is 2.45 bits per heavy atom. The number of unbranched alkanes of at least 4 members (excludes halogenated alkanes) is 1. The van der Waals surface area contributed by atoms with Crippen molar-refractivity contribution in [3.63, 3.8) is 0 Å². The third-order valence-electron chi connectivity index (χ3n) is 3.36. The molecule has 0 unspecified atom stereocenters. The van der Waals surface area contributed by atoms with Gasteiger partial charge in [-0.1, -0.05) is 26.0 Å². The number of rotatable bonds is 7. The third-order valence-corrected chi connectivity index (χ3v) is 3.36. The van der Waals surface area contributed by atoms with Crippen LogP contribution in [0.1, 0.15) is 64.5 Å². The normalized spacial score (nSPS) is 11.9. The van der Waals surface area contributed by atoms with Crippen LogP contribution in [0.4, 0.5) is 0 Å². The Kier molecular flexibility index (Phi) is 6.54. The van der Waals surface area contributed by atoms with E-state index in [1.54, 1.807) is 0 Å². The van der Waals surface area contributed by atoms with Gasteiger partial charge in [0.2, 0.25) is 0 Å². The summed E-state index contributed by atoms with van der Waals surface area (Å²) in [4.78, 5) is 0. The second-order valence-electron chi connectivity index (χ2n) is 6.91. The zero-order chi connectivity index (χ0) is 15.2. The van der Waals surface area contributed by atoms with E-state index in [1.807, 2.05) is 0 Å². The van der Waals surface area contributed by atoms with E-state index < -0.39 is 0 Å². The molecule has 1 aromatic carbocycles. The lowest BCUT2D eigenvalue weighted by atomic mass is 10.0. The average molecular weight is 277 g/mol. The maximum Gasteiger partial charge on any atom is 0.122 e. The summed E-state index contributed by atoms with van der Waals surface area (Å²) in [5.41, 5.74) is 2.78. The Balaban J connectivity index is 2.33. The Labute approximate surface area is 124 Å². The topological polar surface area (TPSA) is 21.3 Å². The van der Waals surface area contributed by atoms with Crippen molar-refractivity contribution >= 4 is 0 Å². The van der Waals surface area contributed by atoms with Crippen molar-refractivity contribution in [2.45, 2.75) is 65.8 Å². The van der Waals surface area contributed by atoms with E-state index in [0.29, 0.717) is 5.92 Å². The standard InChI is InChI=1S/C18H31NO/c1-14(2)16-10-9-15(3)17(13-16)20-12-8-7-11-19-18(4,5)6/h9-10,13-14,19H,7-8,11-12H2,1-6H3. The molecule has 1 N–H and O–H groups in total. The predicted octanol–water partition coefficient (Wildman–Crippen LogP) is 4.67. The molecule has 114 valence electrons. The minimum Gasteiger partial charge on any atom is -0.493 e. The van der Waals surface area contributed by atoms with Gasteiger partial charge < -0.3 is 10.1 Å². The van der Waals surface area contributed by atoms with Crippen LogP contribution in [0.25, 0.3) is 0 Å². The summed E-state index contributed by atoms with van der Waals surface area (Å²) in [7, 11) is 0. The lowest BCUT2D eigenvalue weighted by molar-refractivity contribution is 0.299. The minimum atomic E-state index is 0.211. The molecule has 0 saturated heterocycles. The third kappa shape index (κ3) is 6.42. The first-order chi connectivity index (χ1) is 9.29. The Hall–Kier alpha value is -1.02. The van der Waals surface area contributed by atoms with Gasteiger partial charge >= 0.3 is 0 Å². The number of ether oxygens (including phenoxy) is 1. The van der Waals surface area contributed by atoms with Crippen molar-refractivity contribution in [3.8, 4) is 5.75 Å². The van der Waals surface area contributed by atoms with Gasteiger partial charge in [0.25, 0.3) is 0 Å². The molecule has 0 saturated carbocycles. The maximum absolute atomic E-state index is 5.93. The van der Waals surface area contributed by atoms with Crippen molar-refractivity contribution in [2.75, 3.05) is 13.2 Å². The van der Waals surface area contributed by atoms with Crippen LogP contribution in [-0.2, 0) is 0 Å². The van der Waals surface area contributed by atoms with Gasteiger partial charge in [-0.25, -0.2) is 0 Å². The van der Waals surface area contributed by atoms with Crippen molar-refractivity contribution in [1.82, 2.24) is 5.32 Å². The summed E-state index contributed by atoms with van der Waals surface area (Å²) in [5, 5.41) is 3.50. The highest BCUT2D eigenvalue weighted by Gasteiger charge is 2.07. The first kappa shape index (κ1) is 17.0. The van der Waals surface area contributed by atoms with Crippen LogP contribution >= 0.6 is 0 Å². The Morgan fingerprint density at radius 2 is 1.85 bits per heavy atom. The molecule has 20 heavy (non-hydrogen) atoms. The number of hydrogen-bond acceptors (Lipinski definition) is 2. The fourth-order valence-corrected chi connectivity index (χ4v) is 2.00. The van der Waals surface area contributed by atoms with E-state index in [-0.39, 0.29) is 5.54 Å². The highest BCUT2D eigenvalue weighted by molar-refractivity contribution is 5.37. The molecule has 0 aliphatic carbocycles. The molecule has 0 amide bonds. The van der Waals surface area contributed by atoms with Crippen LogP contribution in [0.5, 0.6) is 5.75 Å². The van der Waals surface area contributed by atoms with Gasteiger partial charge in [-0.15, -0.1) is 0 Å². The molecule has 0 spiro atoms. The highest BCUT2D eigenvalue weighted by atomic mass is 16.5. The quantitative estimate of drug-likeness (QED) is 0.732. The molecule has 2 nitrogen and oxygen atoms in total. The molecular formula is C18H31NO. The largest absolute Gasteiger partial charge is 0.493 e. The second-order valence-corrected chi connectivity index (χ2v) is 6.91. The number of nitrogens with one attached hydrogen (secondary N) is 1. The van der Waals surface area contributed by atoms with Gasteiger partial charge in [0.1, 0.15) is 5.75 Å². The molecule has 0 aliphatic heterocycles. The van der Waals surface area contributed by atoms with Crippen LogP contribution in [0.2, 0.25) is 0 Å². The van der Waals surface area contributed by atoms with E-state index in [2.05, 4.69) is 65.1 Å². The summed E-state index contributed by atoms with van der Waals surface area (Å²) in [6.07, 6.45) is 2.24. The first-order valence-corrected chi connectivity index (χ1v) is 7.78. The van der Waals surface area contributed by atoms with Crippen LogP contribution in [0.3, 0.4) is 0 Å². The smallest absolute Gasteiger partial charge is 0.122 e. The van der Waals surface area contributed by atoms with Gasteiger partial charge in [0.05, 0.1) is 6.61 Å². The fraction of sp³-hybridized carbons (Fsp3) is 0.667. The van der Waals surface area contributed by atoms with E-state index in [4.69, 9.17) is 4.74 Å². The molecule has 0 bridgehead atoms. The highest BCUT2D eigenvalue weighted by Crippen LogP contribution is 2.24. The van der Waals surface area contributed by atoms with Crippen LogP contribution in [0, 0.1) is 6.92 Å². The van der Waals surface area contributed by atoms with Gasteiger partial charge in [0, 0.05) is 5.54 Å². The van der Waals surface area contributed by atoms with Crippen LogP contribution in [-0.4, -0.2) is 18.7 Å². The molecule has 0 aliphatic rings. The number of hydrogen-bond donors (Lipinski definition) is 1. The molecule has 0 heterocycles. The minimum absolute atomic E-state index is 0.211. The molecule has 0 radical (unpaired) electrons. The van der Waals surface area contributed by atoms with Gasteiger partial charge in [-0.05, 0) is 70.2 Å². The zero-order valence-electron chi connectivity index (χ0n) is 14.0. The first-order valence-electron chi connectivity index (χ1n) is 7.78. The average Bonchev–Trinajstić information content (AvgIpc) is 2.34. The van der Waals surface area contributed by atoms with Crippen molar-refractivity contribution < 1.29 is 4.74 Å². The lowest BCUT2D eigenvalue weighted by Crippen LogP contribution is -2.36. The van der Waals surface area contributed by atoms with Gasteiger partial charge in [-0.3, -0.25) is 0 Å². The molecule has 0 fully saturated rings. The van der Waals surface area contributed by atoms with Crippen LogP contribution in [0.15, 0.2) is 18.2 Å². The summed E-state index contributed by atoms with van der Waals surface area (Å²) < 4.78 is 5.93. The summed E-state index contributed by atoms with van der Waals surface area (Å²) >= 11 is 0. The van der Waals surface area contributed by atoms with E-state index in [1.165, 1.54) is 11.1 Å². The molecule has 0 aromatic heterocycles. The summed E-state index contributed by atoms with van der Waals surface area (Å²) in [6.45, 7) is 15.0. The van der Waals surface area contributed by atoms with E-state index in [0.717, 1.165) is 31.7 Å². The summed E-state index contributed by atoms with van der Waals surface area (Å²) in [6, 6.07) is 6.54. The van der Waals surface area contributed by atoms with E-state index in [9.17, 15) is 0 Å². The number of benzene rings is 1. The van der Waals surface area contributed by atoms with Gasteiger partial charge in [-0.2, -0.15) is 0 Å². The van der Waals surface area contributed by atoms with Crippen molar-refractivity contribution in [2.24, 2.45) is 0 Å². The van der Waals surface area contributed by atoms with Gasteiger partial charge in [0.15, 0.2) is 0 Å². The Morgan fingerprint density at radius 1 is 1.15 bits per heavy atom. The molecular weight excluding hydrogens is 246 g/mol.